The molecule has 0 unspecified atom stereocenters. The van der Waals surface area contributed by atoms with Crippen LogP contribution in [0.4, 0.5) is 10.1 Å². The first kappa shape index (κ1) is 17.2. The summed E-state index contributed by atoms with van der Waals surface area (Å²) >= 11 is 0. The van der Waals surface area contributed by atoms with E-state index in [0.717, 1.165) is 0 Å². The number of nitriles is 1. The van der Waals surface area contributed by atoms with Crippen LogP contribution in [-0.4, -0.2) is 12.5 Å². The normalized spacial score (nSPS) is 10.8. The molecule has 0 aromatic heterocycles. The topological polar surface area (TPSA) is 62.1 Å². The number of benzene rings is 2. The Morgan fingerprint density at radius 1 is 1.33 bits per heavy atom. The molecule has 1 N–H and O–H groups in total. The number of carbonyl (C=O) groups excluding carboxylic acids is 1. The van der Waals surface area contributed by atoms with E-state index in [1.54, 1.807) is 37.3 Å². The lowest BCUT2D eigenvalue weighted by molar-refractivity contribution is -0.112. The number of hydrogen-bond acceptors (Lipinski definition) is 3. The average molecular weight is 324 g/mol. The van der Waals surface area contributed by atoms with Crippen molar-refractivity contribution in [3.8, 4) is 11.8 Å². The number of rotatable bonds is 5. The third-order valence-corrected chi connectivity index (χ3v) is 3.29. The summed E-state index contributed by atoms with van der Waals surface area (Å²) in [7, 11) is 0. The molecule has 2 aromatic carbocycles. The Labute approximate surface area is 140 Å². The Morgan fingerprint density at radius 2 is 2.08 bits per heavy atom. The van der Waals surface area contributed by atoms with Gasteiger partial charge in [-0.25, -0.2) is 4.39 Å². The van der Waals surface area contributed by atoms with Crippen molar-refractivity contribution >= 4 is 17.7 Å². The van der Waals surface area contributed by atoms with Crippen molar-refractivity contribution in [2.45, 2.75) is 13.8 Å². The smallest absolute Gasteiger partial charge is 0.266 e. The van der Waals surface area contributed by atoms with E-state index in [1.165, 1.54) is 18.2 Å². The summed E-state index contributed by atoms with van der Waals surface area (Å²) in [6.45, 7) is 3.93. The Balaban J connectivity index is 2.25. The van der Waals surface area contributed by atoms with Crippen LogP contribution in [-0.2, 0) is 4.79 Å². The predicted molar refractivity (Wildman–Crippen MR) is 91.0 cm³/mol. The Morgan fingerprint density at radius 3 is 2.75 bits per heavy atom. The monoisotopic (exact) mass is 324 g/mol. The molecular formula is C19H17FN2O2. The zero-order valence-electron chi connectivity index (χ0n) is 13.5. The lowest BCUT2D eigenvalue weighted by atomic mass is 10.1. The molecule has 2 rings (SSSR count). The van der Waals surface area contributed by atoms with Crippen LogP contribution in [0.25, 0.3) is 6.08 Å². The minimum atomic E-state index is -0.549. The van der Waals surface area contributed by atoms with Gasteiger partial charge in [0.1, 0.15) is 23.2 Å². The van der Waals surface area contributed by atoms with Crippen LogP contribution in [0, 0.1) is 24.1 Å². The first-order valence-electron chi connectivity index (χ1n) is 7.46. The van der Waals surface area contributed by atoms with Crippen molar-refractivity contribution in [2.75, 3.05) is 11.9 Å². The predicted octanol–water partition coefficient (Wildman–Crippen LogP) is 4.08. The van der Waals surface area contributed by atoms with Crippen molar-refractivity contribution in [2.24, 2.45) is 0 Å². The molecule has 0 saturated heterocycles. The van der Waals surface area contributed by atoms with E-state index in [0.29, 0.717) is 29.2 Å². The lowest BCUT2D eigenvalue weighted by Gasteiger charge is -2.10. The second-order valence-corrected chi connectivity index (χ2v) is 5.06. The molecule has 2 aromatic rings. The van der Waals surface area contributed by atoms with E-state index in [1.807, 2.05) is 13.0 Å². The first-order valence-corrected chi connectivity index (χ1v) is 7.46. The standard InChI is InChI=1S/C19H17FN2O2/c1-3-24-18-7-5-4-6-17(18)22-19(23)15(12-21)11-14-8-9-16(20)13(2)10-14/h4-11H,3H2,1-2H3,(H,22,23)/b15-11-. The molecule has 122 valence electrons. The summed E-state index contributed by atoms with van der Waals surface area (Å²) in [5.74, 6) is -0.351. The Kier molecular flexibility index (Phi) is 5.69. The van der Waals surface area contributed by atoms with E-state index in [9.17, 15) is 14.4 Å². The maximum atomic E-state index is 13.3. The van der Waals surface area contributed by atoms with Crippen molar-refractivity contribution in [1.82, 2.24) is 0 Å². The van der Waals surface area contributed by atoms with Gasteiger partial charge in [-0.05, 0) is 55.3 Å². The minimum absolute atomic E-state index is 0.0766. The van der Waals surface area contributed by atoms with Crippen LogP contribution in [0.2, 0.25) is 0 Å². The zero-order chi connectivity index (χ0) is 17.5. The molecule has 0 spiro atoms. The summed E-state index contributed by atoms with van der Waals surface area (Å²) in [5, 5.41) is 11.9. The SMILES string of the molecule is CCOc1ccccc1NC(=O)/C(C#N)=C\c1ccc(F)c(C)c1. The number of nitrogens with zero attached hydrogens (tertiary/aromatic N) is 1. The van der Waals surface area contributed by atoms with Crippen LogP contribution >= 0.6 is 0 Å². The molecule has 0 aliphatic carbocycles. The van der Waals surface area contributed by atoms with Gasteiger partial charge in [0, 0.05) is 0 Å². The summed E-state index contributed by atoms with van der Waals surface area (Å²) in [6, 6.07) is 13.3. The lowest BCUT2D eigenvalue weighted by Crippen LogP contribution is -2.14. The van der Waals surface area contributed by atoms with Crippen molar-refractivity contribution in [3.05, 3.63) is 65.0 Å². The summed E-state index contributed by atoms with van der Waals surface area (Å²) in [4.78, 5) is 12.3. The van der Waals surface area contributed by atoms with Crippen molar-refractivity contribution < 1.29 is 13.9 Å². The van der Waals surface area contributed by atoms with Gasteiger partial charge in [0.15, 0.2) is 0 Å². The highest BCUT2D eigenvalue weighted by Gasteiger charge is 2.12. The zero-order valence-corrected chi connectivity index (χ0v) is 13.5. The average Bonchev–Trinajstić information content (AvgIpc) is 2.57. The highest BCUT2D eigenvalue weighted by molar-refractivity contribution is 6.10. The van der Waals surface area contributed by atoms with Crippen LogP contribution in [0.15, 0.2) is 48.0 Å². The molecule has 0 bridgehead atoms. The fourth-order valence-corrected chi connectivity index (χ4v) is 2.11. The number of halogens is 1. The van der Waals surface area contributed by atoms with Crippen LogP contribution in [0.5, 0.6) is 5.75 Å². The number of hydrogen-bond donors (Lipinski definition) is 1. The number of aryl methyl sites for hydroxylation is 1. The molecule has 4 nitrogen and oxygen atoms in total. The summed E-state index contributed by atoms with van der Waals surface area (Å²) in [5.41, 5.74) is 1.44. The number of ether oxygens (including phenoxy) is 1. The minimum Gasteiger partial charge on any atom is -0.492 e. The van der Waals surface area contributed by atoms with E-state index >= 15 is 0 Å². The van der Waals surface area contributed by atoms with E-state index < -0.39 is 5.91 Å². The molecule has 0 radical (unpaired) electrons. The van der Waals surface area contributed by atoms with E-state index in [2.05, 4.69) is 5.32 Å². The second-order valence-electron chi connectivity index (χ2n) is 5.06. The highest BCUT2D eigenvalue weighted by Crippen LogP contribution is 2.24. The third-order valence-electron chi connectivity index (χ3n) is 3.29. The van der Waals surface area contributed by atoms with E-state index in [4.69, 9.17) is 4.74 Å². The van der Waals surface area contributed by atoms with Crippen LogP contribution in [0.3, 0.4) is 0 Å². The Bertz CT molecular complexity index is 822. The molecule has 0 saturated carbocycles. The fraction of sp³-hybridized carbons (Fsp3) is 0.158. The number of para-hydroxylation sites is 2. The largest absolute Gasteiger partial charge is 0.492 e. The number of carbonyl (C=O) groups is 1. The molecule has 5 heteroatoms. The molecule has 1 amide bonds. The van der Waals surface area contributed by atoms with Gasteiger partial charge in [0.05, 0.1) is 12.3 Å². The van der Waals surface area contributed by atoms with Gasteiger partial charge in [-0.2, -0.15) is 5.26 Å². The molecule has 0 atom stereocenters. The van der Waals surface area contributed by atoms with Gasteiger partial charge in [0.2, 0.25) is 0 Å². The molecular weight excluding hydrogens is 307 g/mol. The van der Waals surface area contributed by atoms with Crippen molar-refractivity contribution in [3.63, 3.8) is 0 Å². The van der Waals surface area contributed by atoms with Crippen molar-refractivity contribution in [1.29, 1.82) is 5.26 Å². The quantitative estimate of drug-likeness (QED) is 0.666. The van der Waals surface area contributed by atoms with Gasteiger partial charge >= 0.3 is 0 Å². The highest BCUT2D eigenvalue weighted by atomic mass is 19.1. The van der Waals surface area contributed by atoms with Crippen LogP contribution in [0.1, 0.15) is 18.1 Å². The van der Waals surface area contributed by atoms with Gasteiger partial charge in [-0.1, -0.05) is 18.2 Å². The molecule has 0 fully saturated rings. The Hall–Kier alpha value is -3.13. The molecule has 24 heavy (non-hydrogen) atoms. The molecule has 0 aliphatic heterocycles. The second kappa shape index (κ2) is 7.93. The summed E-state index contributed by atoms with van der Waals surface area (Å²) in [6.07, 6.45) is 1.42. The molecule has 0 heterocycles. The van der Waals surface area contributed by atoms with Gasteiger partial charge in [0.25, 0.3) is 5.91 Å². The fourth-order valence-electron chi connectivity index (χ4n) is 2.11. The third kappa shape index (κ3) is 4.20. The van der Waals surface area contributed by atoms with Gasteiger partial charge in [-0.3, -0.25) is 4.79 Å². The first-order chi connectivity index (χ1) is 11.5. The van der Waals surface area contributed by atoms with E-state index in [-0.39, 0.29) is 11.4 Å². The molecule has 0 aliphatic rings. The van der Waals surface area contributed by atoms with Crippen LogP contribution < -0.4 is 10.1 Å². The van der Waals surface area contributed by atoms with Gasteiger partial charge < -0.3 is 10.1 Å². The number of amides is 1. The maximum Gasteiger partial charge on any atom is 0.266 e. The number of nitrogens with one attached hydrogen (secondary N) is 1. The maximum absolute atomic E-state index is 13.3. The number of anilines is 1. The van der Waals surface area contributed by atoms with Gasteiger partial charge in [-0.15, -0.1) is 0 Å². The summed E-state index contributed by atoms with van der Waals surface area (Å²) < 4.78 is 18.7.